The van der Waals surface area contributed by atoms with Crippen molar-refractivity contribution in [2.75, 3.05) is 7.05 Å². The van der Waals surface area contributed by atoms with Crippen LogP contribution in [0.4, 0.5) is 0 Å². The highest BCUT2D eigenvalue weighted by Crippen LogP contribution is 2.30. The summed E-state index contributed by atoms with van der Waals surface area (Å²) in [5, 5.41) is 0.895. The second kappa shape index (κ2) is 5.60. The summed E-state index contributed by atoms with van der Waals surface area (Å²) in [5.41, 5.74) is 1.43. The third kappa shape index (κ3) is 2.37. The number of hydrogen-bond acceptors (Lipinski definition) is 2. The van der Waals surface area contributed by atoms with Gasteiger partial charge in [0.1, 0.15) is 11.8 Å². The predicted molar refractivity (Wildman–Crippen MR) is 83.3 cm³/mol. The molecule has 106 valence electrons. The van der Waals surface area contributed by atoms with Crippen molar-refractivity contribution in [1.29, 1.82) is 0 Å². The molecule has 1 aliphatic rings. The van der Waals surface area contributed by atoms with E-state index < -0.39 is 0 Å². The van der Waals surface area contributed by atoms with Crippen LogP contribution >= 0.6 is 15.9 Å². The van der Waals surface area contributed by atoms with Crippen LogP contribution in [0.1, 0.15) is 36.0 Å². The zero-order valence-corrected chi connectivity index (χ0v) is 13.1. The summed E-state index contributed by atoms with van der Waals surface area (Å²) in [7, 11) is 1.90. The van der Waals surface area contributed by atoms with Crippen LogP contribution in [0.3, 0.4) is 0 Å². The third-order valence-electron chi connectivity index (χ3n) is 4.18. The lowest BCUT2D eigenvalue weighted by Crippen LogP contribution is -2.44. The van der Waals surface area contributed by atoms with Gasteiger partial charge in [-0.1, -0.05) is 47.0 Å². The number of rotatable bonds is 2. The van der Waals surface area contributed by atoms with Crippen LogP contribution in [0.2, 0.25) is 0 Å². The summed E-state index contributed by atoms with van der Waals surface area (Å²) >= 11 is 3.72. The molecule has 1 aromatic heterocycles. The fraction of sp³-hybridized carbons (Fsp3) is 0.438. The first-order chi connectivity index (χ1) is 9.68. The SMILES string of the molecule is CN(C(=O)c1coc2ccccc12)C1CCCCC1Br. The minimum absolute atomic E-state index is 0.0475. The molecule has 0 aliphatic heterocycles. The van der Waals surface area contributed by atoms with Gasteiger partial charge in [-0.15, -0.1) is 0 Å². The van der Waals surface area contributed by atoms with Gasteiger partial charge in [0, 0.05) is 23.3 Å². The topological polar surface area (TPSA) is 33.5 Å². The number of alkyl halides is 1. The average Bonchev–Trinajstić information content (AvgIpc) is 2.90. The Bertz CT molecular complexity index is 622. The van der Waals surface area contributed by atoms with E-state index in [0.717, 1.165) is 23.8 Å². The van der Waals surface area contributed by atoms with Gasteiger partial charge in [-0.2, -0.15) is 0 Å². The minimum atomic E-state index is 0.0475. The third-order valence-corrected chi connectivity index (χ3v) is 5.24. The Morgan fingerprint density at radius 3 is 2.85 bits per heavy atom. The smallest absolute Gasteiger partial charge is 0.257 e. The van der Waals surface area contributed by atoms with E-state index in [2.05, 4.69) is 15.9 Å². The molecule has 2 atom stereocenters. The highest BCUT2D eigenvalue weighted by atomic mass is 79.9. The number of benzene rings is 1. The van der Waals surface area contributed by atoms with E-state index in [0.29, 0.717) is 10.4 Å². The Kier molecular flexibility index (Phi) is 3.83. The number of hydrogen-bond donors (Lipinski definition) is 0. The number of para-hydroxylation sites is 1. The molecule has 0 N–H and O–H groups in total. The van der Waals surface area contributed by atoms with Gasteiger partial charge in [0.25, 0.3) is 5.91 Å². The molecule has 2 unspecified atom stereocenters. The number of halogens is 1. The number of carbonyl (C=O) groups excluding carboxylic acids is 1. The van der Waals surface area contributed by atoms with Crippen LogP contribution in [0, 0.1) is 0 Å². The number of carbonyl (C=O) groups is 1. The predicted octanol–water partition coefficient (Wildman–Crippen LogP) is 4.21. The van der Waals surface area contributed by atoms with E-state index >= 15 is 0 Å². The van der Waals surface area contributed by atoms with Crippen LogP contribution in [0.5, 0.6) is 0 Å². The maximum atomic E-state index is 12.7. The van der Waals surface area contributed by atoms with Gasteiger partial charge < -0.3 is 9.32 Å². The number of amides is 1. The molecule has 1 fully saturated rings. The van der Waals surface area contributed by atoms with E-state index in [4.69, 9.17) is 4.42 Å². The summed E-state index contributed by atoms with van der Waals surface area (Å²) in [4.78, 5) is 15.0. The maximum absolute atomic E-state index is 12.7. The van der Waals surface area contributed by atoms with Crippen molar-refractivity contribution in [3.63, 3.8) is 0 Å². The molecule has 3 rings (SSSR count). The Morgan fingerprint density at radius 2 is 2.05 bits per heavy atom. The van der Waals surface area contributed by atoms with Crippen molar-refractivity contribution in [3.8, 4) is 0 Å². The van der Waals surface area contributed by atoms with Gasteiger partial charge in [0.05, 0.1) is 5.56 Å². The average molecular weight is 336 g/mol. The van der Waals surface area contributed by atoms with E-state index in [1.165, 1.54) is 12.8 Å². The van der Waals surface area contributed by atoms with Gasteiger partial charge in [0.15, 0.2) is 0 Å². The van der Waals surface area contributed by atoms with E-state index in [1.807, 2.05) is 36.2 Å². The van der Waals surface area contributed by atoms with Crippen molar-refractivity contribution in [2.24, 2.45) is 0 Å². The molecular weight excluding hydrogens is 318 g/mol. The van der Waals surface area contributed by atoms with Gasteiger partial charge in [0.2, 0.25) is 0 Å². The second-order valence-electron chi connectivity index (χ2n) is 5.43. The Labute approximate surface area is 127 Å². The van der Waals surface area contributed by atoms with Crippen molar-refractivity contribution >= 4 is 32.8 Å². The van der Waals surface area contributed by atoms with Gasteiger partial charge in [-0.25, -0.2) is 0 Å². The van der Waals surface area contributed by atoms with Crippen LogP contribution in [0.15, 0.2) is 34.9 Å². The standard InChI is InChI=1S/C16H18BrNO2/c1-18(14-8-4-3-7-13(14)17)16(19)12-10-20-15-9-5-2-6-11(12)15/h2,5-6,9-10,13-14H,3-4,7-8H2,1H3. The zero-order valence-electron chi connectivity index (χ0n) is 11.5. The van der Waals surface area contributed by atoms with E-state index in [1.54, 1.807) is 6.26 Å². The molecular formula is C16H18BrNO2. The number of fused-ring (bicyclic) bond motifs is 1. The second-order valence-corrected chi connectivity index (χ2v) is 6.61. The fourth-order valence-corrected chi connectivity index (χ4v) is 3.93. The van der Waals surface area contributed by atoms with Crippen molar-refractivity contribution < 1.29 is 9.21 Å². The molecule has 1 amide bonds. The molecule has 4 heteroatoms. The molecule has 1 heterocycles. The normalized spacial score (nSPS) is 22.9. The van der Waals surface area contributed by atoms with Crippen molar-refractivity contribution in [2.45, 2.75) is 36.6 Å². The fourth-order valence-electron chi connectivity index (χ4n) is 2.99. The van der Waals surface area contributed by atoms with Crippen molar-refractivity contribution in [3.05, 3.63) is 36.1 Å². The highest BCUT2D eigenvalue weighted by molar-refractivity contribution is 9.09. The first kappa shape index (κ1) is 13.7. The number of furan rings is 1. The van der Waals surface area contributed by atoms with Crippen molar-refractivity contribution in [1.82, 2.24) is 4.90 Å². The Balaban J connectivity index is 1.88. The molecule has 0 radical (unpaired) electrons. The Morgan fingerprint density at radius 1 is 1.30 bits per heavy atom. The molecule has 20 heavy (non-hydrogen) atoms. The van der Waals surface area contributed by atoms with Crippen LogP contribution in [0.25, 0.3) is 11.0 Å². The summed E-state index contributed by atoms with van der Waals surface area (Å²) in [5.74, 6) is 0.0475. The monoisotopic (exact) mass is 335 g/mol. The minimum Gasteiger partial charge on any atom is -0.463 e. The molecule has 0 spiro atoms. The lowest BCUT2D eigenvalue weighted by molar-refractivity contribution is 0.0706. The summed E-state index contributed by atoms with van der Waals surface area (Å²) in [6.45, 7) is 0. The molecule has 1 aliphatic carbocycles. The Hall–Kier alpha value is -1.29. The van der Waals surface area contributed by atoms with E-state index in [9.17, 15) is 4.79 Å². The molecule has 0 bridgehead atoms. The quantitative estimate of drug-likeness (QED) is 0.770. The van der Waals surface area contributed by atoms with Crippen LogP contribution < -0.4 is 0 Å². The summed E-state index contributed by atoms with van der Waals surface area (Å²) < 4.78 is 5.48. The zero-order chi connectivity index (χ0) is 14.1. The lowest BCUT2D eigenvalue weighted by atomic mass is 9.94. The maximum Gasteiger partial charge on any atom is 0.257 e. The van der Waals surface area contributed by atoms with Crippen LogP contribution in [-0.2, 0) is 0 Å². The lowest BCUT2D eigenvalue weighted by Gasteiger charge is -2.35. The summed E-state index contributed by atoms with van der Waals surface area (Å²) in [6, 6.07) is 7.94. The molecule has 1 aromatic carbocycles. The van der Waals surface area contributed by atoms with Gasteiger partial charge >= 0.3 is 0 Å². The van der Waals surface area contributed by atoms with Gasteiger partial charge in [-0.3, -0.25) is 4.79 Å². The molecule has 0 saturated heterocycles. The highest BCUT2D eigenvalue weighted by Gasteiger charge is 2.30. The largest absolute Gasteiger partial charge is 0.463 e. The summed E-state index contributed by atoms with van der Waals surface area (Å²) in [6.07, 6.45) is 6.21. The molecule has 2 aromatic rings. The first-order valence-corrected chi connectivity index (χ1v) is 7.97. The van der Waals surface area contributed by atoms with E-state index in [-0.39, 0.29) is 11.9 Å². The van der Waals surface area contributed by atoms with Crippen LogP contribution in [-0.4, -0.2) is 28.7 Å². The number of nitrogens with zero attached hydrogens (tertiary/aromatic N) is 1. The molecule has 1 saturated carbocycles. The molecule has 3 nitrogen and oxygen atoms in total. The first-order valence-electron chi connectivity index (χ1n) is 7.06. The van der Waals surface area contributed by atoms with Gasteiger partial charge in [-0.05, 0) is 18.9 Å².